The first-order chi connectivity index (χ1) is 8.00. The molecule has 2 fully saturated rings. The van der Waals surface area contributed by atoms with Gasteiger partial charge in [0.1, 0.15) is 0 Å². The van der Waals surface area contributed by atoms with E-state index in [0.717, 1.165) is 0 Å². The zero-order valence-corrected chi connectivity index (χ0v) is 8.98. The molecule has 0 aromatic rings. The highest BCUT2D eigenvalue weighted by Gasteiger charge is 2.75. The molecular weight excluding hydrogens is 230 g/mol. The van der Waals surface area contributed by atoms with Crippen molar-refractivity contribution in [2.45, 2.75) is 18.1 Å². The van der Waals surface area contributed by atoms with Crippen molar-refractivity contribution in [1.29, 1.82) is 0 Å². The third-order valence-corrected chi connectivity index (χ3v) is 3.78. The normalized spacial score (nSPS) is 42.4. The maximum absolute atomic E-state index is 11.4. The molecule has 0 aromatic heterocycles. The fourth-order valence-electron chi connectivity index (χ4n) is 3.05. The summed E-state index contributed by atoms with van der Waals surface area (Å²) in [7, 11) is 1.33. The van der Waals surface area contributed by atoms with Gasteiger partial charge < -0.3 is 14.9 Å². The standard InChI is InChI=1S/C9H11N3O5/c1-17-4-2-3-5(7(13)14)6(3)9(4,8(15)16)11-12-10/h3-6H,2H2,1H3,(H,13,14)(H,15,16)/t3-,4+,5-,6-,9-/m0/s1. The molecule has 8 heteroatoms. The van der Waals surface area contributed by atoms with Crippen LogP contribution in [0.3, 0.4) is 0 Å². The molecule has 2 N–H and O–H groups in total. The minimum Gasteiger partial charge on any atom is -0.481 e. The lowest BCUT2D eigenvalue weighted by atomic mass is 9.88. The number of carboxylic acids is 2. The van der Waals surface area contributed by atoms with Crippen LogP contribution in [0.25, 0.3) is 10.4 Å². The van der Waals surface area contributed by atoms with Crippen molar-refractivity contribution in [2.24, 2.45) is 22.9 Å². The van der Waals surface area contributed by atoms with E-state index in [1.807, 2.05) is 0 Å². The Labute approximate surface area is 95.8 Å². The largest absolute Gasteiger partial charge is 0.481 e. The van der Waals surface area contributed by atoms with Crippen LogP contribution in [-0.2, 0) is 14.3 Å². The summed E-state index contributed by atoms with van der Waals surface area (Å²) in [5.41, 5.74) is 6.73. The molecule has 0 spiro atoms. The number of hydrogen-bond donors (Lipinski definition) is 2. The molecular formula is C9H11N3O5. The van der Waals surface area contributed by atoms with E-state index >= 15 is 0 Å². The van der Waals surface area contributed by atoms with Crippen LogP contribution in [0.5, 0.6) is 0 Å². The van der Waals surface area contributed by atoms with Crippen LogP contribution in [0, 0.1) is 17.8 Å². The molecule has 0 amide bonds. The van der Waals surface area contributed by atoms with E-state index in [0.29, 0.717) is 6.42 Å². The molecule has 2 rings (SSSR count). The zero-order valence-electron chi connectivity index (χ0n) is 8.98. The van der Waals surface area contributed by atoms with Crippen LogP contribution >= 0.6 is 0 Å². The highest BCUT2D eigenvalue weighted by Crippen LogP contribution is 2.64. The average Bonchev–Trinajstić information content (AvgIpc) is 2.89. The van der Waals surface area contributed by atoms with E-state index < -0.39 is 35.4 Å². The van der Waals surface area contributed by atoms with Gasteiger partial charge >= 0.3 is 11.9 Å². The number of nitrogens with zero attached hydrogens (tertiary/aromatic N) is 3. The van der Waals surface area contributed by atoms with Crippen molar-refractivity contribution in [3.05, 3.63) is 10.4 Å². The Morgan fingerprint density at radius 3 is 2.59 bits per heavy atom. The smallest absolute Gasteiger partial charge is 0.318 e. The minimum atomic E-state index is -1.78. The molecule has 0 aromatic carbocycles. The first kappa shape index (κ1) is 11.7. The summed E-state index contributed by atoms with van der Waals surface area (Å²) in [5, 5.41) is 21.5. The fourth-order valence-corrected chi connectivity index (χ4v) is 3.05. The number of ether oxygens (including phenoxy) is 1. The van der Waals surface area contributed by atoms with Gasteiger partial charge in [0, 0.05) is 17.9 Å². The van der Waals surface area contributed by atoms with Crippen molar-refractivity contribution in [1.82, 2.24) is 0 Å². The Morgan fingerprint density at radius 1 is 1.53 bits per heavy atom. The Morgan fingerprint density at radius 2 is 2.18 bits per heavy atom. The van der Waals surface area contributed by atoms with Crippen LogP contribution in [0.1, 0.15) is 6.42 Å². The van der Waals surface area contributed by atoms with Crippen molar-refractivity contribution in [3.63, 3.8) is 0 Å². The number of rotatable bonds is 4. The monoisotopic (exact) mass is 241 g/mol. The number of fused-ring (bicyclic) bond motifs is 1. The predicted octanol–water partition coefficient (Wildman–Crippen LogP) is 0.486. The van der Waals surface area contributed by atoms with Gasteiger partial charge in [-0.25, -0.2) is 0 Å². The fraction of sp³-hybridized carbons (Fsp3) is 0.778. The molecule has 2 aliphatic rings. The quantitative estimate of drug-likeness (QED) is 0.419. The maximum atomic E-state index is 11.4. The molecule has 92 valence electrons. The lowest BCUT2D eigenvalue weighted by molar-refractivity contribution is -0.150. The van der Waals surface area contributed by atoms with Gasteiger partial charge in [-0.2, -0.15) is 0 Å². The van der Waals surface area contributed by atoms with Gasteiger partial charge in [0.2, 0.25) is 0 Å². The van der Waals surface area contributed by atoms with Gasteiger partial charge in [0.15, 0.2) is 5.54 Å². The van der Waals surface area contributed by atoms with Crippen LogP contribution in [0.4, 0.5) is 0 Å². The second-order valence-corrected chi connectivity index (χ2v) is 4.33. The summed E-state index contributed by atoms with van der Waals surface area (Å²) in [6, 6.07) is 0. The Kier molecular flexibility index (Phi) is 2.48. The number of aliphatic carboxylic acids is 2. The van der Waals surface area contributed by atoms with Gasteiger partial charge in [-0.15, -0.1) is 0 Å². The van der Waals surface area contributed by atoms with Gasteiger partial charge in [0.05, 0.1) is 12.0 Å². The minimum absolute atomic E-state index is 0.279. The summed E-state index contributed by atoms with van der Waals surface area (Å²) < 4.78 is 5.03. The molecule has 0 unspecified atom stereocenters. The van der Waals surface area contributed by atoms with Gasteiger partial charge in [-0.3, -0.25) is 9.59 Å². The topological polar surface area (TPSA) is 133 Å². The van der Waals surface area contributed by atoms with E-state index in [2.05, 4.69) is 10.0 Å². The van der Waals surface area contributed by atoms with Crippen LogP contribution in [0.2, 0.25) is 0 Å². The predicted molar refractivity (Wildman–Crippen MR) is 53.0 cm³/mol. The average molecular weight is 241 g/mol. The first-order valence-electron chi connectivity index (χ1n) is 5.06. The van der Waals surface area contributed by atoms with Gasteiger partial charge in [0.25, 0.3) is 0 Å². The summed E-state index contributed by atoms with van der Waals surface area (Å²) in [6.45, 7) is 0. The molecule has 8 nitrogen and oxygen atoms in total. The van der Waals surface area contributed by atoms with Gasteiger partial charge in [-0.1, -0.05) is 5.11 Å². The van der Waals surface area contributed by atoms with Crippen molar-refractivity contribution in [2.75, 3.05) is 7.11 Å². The highest BCUT2D eigenvalue weighted by atomic mass is 16.5. The molecule has 0 heterocycles. The molecule has 0 aliphatic heterocycles. The summed E-state index contributed by atoms with van der Waals surface area (Å²) in [4.78, 5) is 24.8. The number of azide groups is 1. The lowest BCUT2D eigenvalue weighted by Gasteiger charge is -2.28. The lowest BCUT2D eigenvalue weighted by Crippen LogP contribution is -2.49. The van der Waals surface area contributed by atoms with Crippen LogP contribution < -0.4 is 0 Å². The van der Waals surface area contributed by atoms with Crippen molar-refractivity contribution in [3.8, 4) is 0 Å². The zero-order chi connectivity index (χ0) is 12.8. The maximum Gasteiger partial charge on any atom is 0.318 e. The second kappa shape index (κ2) is 3.61. The number of carboxylic acid groups (broad SMARTS) is 2. The molecule has 2 saturated carbocycles. The molecule has 0 radical (unpaired) electrons. The Bertz CT molecular complexity index is 428. The number of hydrogen-bond acceptors (Lipinski definition) is 4. The molecule has 2 aliphatic carbocycles. The van der Waals surface area contributed by atoms with E-state index in [-0.39, 0.29) is 5.92 Å². The molecule has 17 heavy (non-hydrogen) atoms. The van der Waals surface area contributed by atoms with Crippen molar-refractivity contribution >= 4 is 11.9 Å². The van der Waals surface area contributed by atoms with Crippen LogP contribution in [-0.4, -0.2) is 40.9 Å². The molecule has 5 atom stereocenters. The Balaban J connectivity index is 2.42. The van der Waals surface area contributed by atoms with Crippen LogP contribution in [0.15, 0.2) is 5.11 Å². The van der Waals surface area contributed by atoms with E-state index in [9.17, 15) is 14.7 Å². The molecule has 0 bridgehead atoms. The summed E-state index contributed by atoms with van der Waals surface area (Å²) in [6.07, 6.45) is -0.467. The second-order valence-electron chi connectivity index (χ2n) is 4.33. The first-order valence-corrected chi connectivity index (χ1v) is 5.06. The van der Waals surface area contributed by atoms with E-state index in [4.69, 9.17) is 15.4 Å². The highest BCUT2D eigenvalue weighted by molar-refractivity contribution is 5.86. The summed E-state index contributed by atoms with van der Waals surface area (Å²) in [5.74, 6) is -4.06. The van der Waals surface area contributed by atoms with Crippen molar-refractivity contribution < 1.29 is 24.5 Å². The Hall–Kier alpha value is -1.79. The van der Waals surface area contributed by atoms with Gasteiger partial charge in [-0.05, 0) is 17.9 Å². The summed E-state index contributed by atoms with van der Waals surface area (Å²) >= 11 is 0. The SMILES string of the molecule is CO[C@@H]1C[C@H]2[C@H](C(=O)O)[C@H]2[C@]1(N=[N+]=[N-])C(=O)O. The van der Waals surface area contributed by atoms with E-state index in [1.54, 1.807) is 0 Å². The van der Waals surface area contributed by atoms with E-state index in [1.165, 1.54) is 7.11 Å². The number of carbonyl (C=O) groups is 2. The number of methoxy groups -OCH3 is 1. The third kappa shape index (κ3) is 1.31. The third-order valence-electron chi connectivity index (χ3n) is 3.78. The molecule has 0 saturated heterocycles.